The van der Waals surface area contributed by atoms with E-state index in [-0.39, 0.29) is 18.6 Å². The fourth-order valence-electron chi connectivity index (χ4n) is 3.68. The van der Waals surface area contributed by atoms with Gasteiger partial charge >= 0.3 is 6.18 Å². The third-order valence-electron chi connectivity index (χ3n) is 4.84. The predicted octanol–water partition coefficient (Wildman–Crippen LogP) is 3.26. The summed E-state index contributed by atoms with van der Waals surface area (Å²) in [5.74, 6) is -0.574. The fraction of sp³-hybridized carbons (Fsp3) is 1.00. The minimum absolute atomic E-state index is 0.139. The van der Waals surface area contributed by atoms with E-state index in [2.05, 4.69) is 5.32 Å². The highest BCUT2D eigenvalue weighted by molar-refractivity contribution is 4.97. The Morgan fingerprint density at radius 2 is 1.63 bits per heavy atom. The molecule has 2 nitrogen and oxygen atoms in total. The van der Waals surface area contributed by atoms with E-state index in [0.717, 1.165) is 12.8 Å². The third-order valence-corrected chi connectivity index (χ3v) is 4.84. The number of halogens is 3. The van der Waals surface area contributed by atoms with Crippen LogP contribution in [0.25, 0.3) is 0 Å². The Labute approximate surface area is 112 Å². The van der Waals surface area contributed by atoms with Crippen molar-refractivity contribution in [2.24, 2.45) is 11.8 Å². The molecule has 1 saturated heterocycles. The first-order valence-corrected chi connectivity index (χ1v) is 7.50. The number of ether oxygens (including phenoxy) is 1. The van der Waals surface area contributed by atoms with Gasteiger partial charge in [0.05, 0.1) is 12.0 Å². The van der Waals surface area contributed by atoms with Crippen LogP contribution in [0.1, 0.15) is 44.9 Å². The zero-order valence-electron chi connectivity index (χ0n) is 11.1. The van der Waals surface area contributed by atoms with Crippen molar-refractivity contribution in [3.63, 3.8) is 0 Å². The van der Waals surface area contributed by atoms with Gasteiger partial charge in [0.15, 0.2) is 0 Å². The standard InChI is InChI=1S/C14H22F3NO/c15-14(16,17)10-3-1-2-4-11(10)18-12-7-8-19-13(12)9-5-6-9/h9-13,18H,1-8H2. The summed E-state index contributed by atoms with van der Waals surface area (Å²) in [6, 6.07) is -0.262. The molecule has 3 aliphatic rings. The van der Waals surface area contributed by atoms with E-state index in [0.29, 0.717) is 25.4 Å². The van der Waals surface area contributed by atoms with E-state index < -0.39 is 18.1 Å². The summed E-state index contributed by atoms with van der Waals surface area (Å²) in [4.78, 5) is 0. The minimum Gasteiger partial charge on any atom is -0.376 e. The lowest BCUT2D eigenvalue weighted by molar-refractivity contribution is -0.189. The zero-order valence-corrected chi connectivity index (χ0v) is 11.1. The van der Waals surface area contributed by atoms with Gasteiger partial charge in [-0.15, -0.1) is 0 Å². The van der Waals surface area contributed by atoms with Crippen molar-refractivity contribution in [3.8, 4) is 0 Å². The van der Waals surface area contributed by atoms with Crippen molar-refractivity contribution in [3.05, 3.63) is 0 Å². The molecule has 19 heavy (non-hydrogen) atoms. The van der Waals surface area contributed by atoms with Gasteiger partial charge < -0.3 is 10.1 Å². The van der Waals surface area contributed by atoms with Crippen molar-refractivity contribution in [2.45, 2.75) is 69.3 Å². The van der Waals surface area contributed by atoms with Gasteiger partial charge in [0.25, 0.3) is 0 Å². The van der Waals surface area contributed by atoms with Gasteiger partial charge in [-0.2, -0.15) is 13.2 Å². The van der Waals surface area contributed by atoms with Crippen LogP contribution >= 0.6 is 0 Å². The van der Waals surface area contributed by atoms with Crippen LogP contribution in [-0.4, -0.2) is 31.0 Å². The van der Waals surface area contributed by atoms with Crippen LogP contribution in [0.4, 0.5) is 13.2 Å². The third kappa shape index (κ3) is 3.07. The van der Waals surface area contributed by atoms with E-state index in [1.54, 1.807) is 0 Å². The minimum atomic E-state index is -4.06. The lowest BCUT2D eigenvalue weighted by Crippen LogP contribution is -2.51. The van der Waals surface area contributed by atoms with Crippen LogP contribution in [0.2, 0.25) is 0 Å². The second-order valence-electron chi connectivity index (χ2n) is 6.27. The van der Waals surface area contributed by atoms with Gasteiger partial charge in [-0.3, -0.25) is 0 Å². The molecular weight excluding hydrogens is 255 g/mol. The van der Waals surface area contributed by atoms with E-state index >= 15 is 0 Å². The summed E-state index contributed by atoms with van der Waals surface area (Å²) >= 11 is 0. The molecule has 0 amide bonds. The fourth-order valence-corrected chi connectivity index (χ4v) is 3.68. The van der Waals surface area contributed by atoms with Gasteiger partial charge in [-0.25, -0.2) is 0 Å². The molecule has 0 radical (unpaired) electrons. The molecule has 2 saturated carbocycles. The second-order valence-corrected chi connectivity index (χ2v) is 6.27. The summed E-state index contributed by atoms with van der Waals surface area (Å²) in [5, 5.41) is 3.30. The Morgan fingerprint density at radius 1 is 0.895 bits per heavy atom. The molecule has 1 N–H and O–H groups in total. The van der Waals surface area contributed by atoms with Crippen molar-refractivity contribution in [1.82, 2.24) is 5.32 Å². The molecular formula is C14H22F3NO. The number of hydrogen-bond donors (Lipinski definition) is 1. The van der Waals surface area contributed by atoms with Gasteiger partial charge in [0.1, 0.15) is 0 Å². The van der Waals surface area contributed by atoms with Crippen LogP contribution in [-0.2, 0) is 4.74 Å². The maximum atomic E-state index is 13.1. The molecule has 1 heterocycles. The first-order valence-electron chi connectivity index (χ1n) is 7.50. The number of hydrogen-bond acceptors (Lipinski definition) is 2. The molecule has 0 aromatic heterocycles. The van der Waals surface area contributed by atoms with E-state index in [4.69, 9.17) is 4.74 Å². The van der Waals surface area contributed by atoms with E-state index in [9.17, 15) is 13.2 Å². The summed E-state index contributed by atoms with van der Waals surface area (Å²) in [5.41, 5.74) is 0. The summed E-state index contributed by atoms with van der Waals surface area (Å²) < 4.78 is 44.9. The Bertz CT molecular complexity index is 316. The maximum Gasteiger partial charge on any atom is 0.393 e. The predicted molar refractivity (Wildman–Crippen MR) is 65.8 cm³/mol. The summed E-state index contributed by atoms with van der Waals surface area (Å²) in [7, 11) is 0. The molecule has 110 valence electrons. The molecule has 4 atom stereocenters. The lowest BCUT2D eigenvalue weighted by atomic mass is 9.83. The molecule has 4 unspecified atom stereocenters. The quantitative estimate of drug-likeness (QED) is 0.855. The molecule has 1 aliphatic heterocycles. The molecule has 0 aromatic carbocycles. The lowest BCUT2D eigenvalue weighted by Gasteiger charge is -2.36. The molecule has 2 aliphatic carbocycles. The van der Waals surface area contributed by atoms with E-state index in [1.165, 1.54) is 12.8 Å². The highest BCUT2D eigenvalue weighted by Crippen LogP contribution is 2.41. The average molecular weight is 277 g/mol. The number of alkyl halides is 3. The van der Waals surface area contributed by atoms with Gasteiger partial charge in [0.2, 0.25) is 0 Å². The maximum absolute atomic E-state index is 13.1. The van der Waals surface area contributed by atoms with Crippen molar-refractivity contribution in [1.29, 1.82) is 0 Å². The zero-order chi connectivity index (χ0) is 13.5. The monoisotopic (exact) mass is 277 g/mol. The Morgan fingerprint density at radius 3 is 2.32 bits per heavy atom. The van der Waals surface area contributed by atoms with Gasteiger partial charge in [-0.05, 0) is 38.0 Å². The van der Waals surface area contributed by atoms with E-state index in [1.807, 2.05) is 0 Å². The molecule has 3 fully saturated rings. The number of nitrogens with one attached hydrogen (secondary N) is 1. The van der Waals surface area contributed by atoms with Crippen LogP contribution in [0, 0.1) is 11.8 Å². The van der Waals surface area contributed by atoms with Gasteiger partial charge in [-0.1, -0.05) is 12.8 Å². The van der Waals surface area contributed by atoms with Gasteiger partial charge in [0, 0.05) is 18.7 Å². The highest BCUT2D eigenvalue weighted by atomic mass is 19.4. The van der Waals surface area contributed by atoms with Crippen molar-refractivity contribution in [2.75, 3.05) is 6.61 Å². The molecule has 0 bridgehead atoms. The van der Waals surface area contributed by atoms with Crippen molar-refractivity contribution >= 4 is 0 Å². The topological polar surface area (TPSA) is 21.3 Å². The van der Waals surface area contributed by atoms with Crippen LogP contribution in [0.15, 0.2) is 0 Å². The summed E-state index contributed by atoms with van der Waals surface area (Å²) in [6.07, 6.45) is 1.86. The van der Waals surface area contributed by atoms with Crippen LogP contribution in [0.5, 0.6) is 0 Å². The number of rotatable bonds is 3. The van der Waals surface area contributed by atoms with Crippen LogP contribution in [0.3, 0.4) is 0 Å². The first kappa shape index (κ1) is 13.7. The Kier molecular flexibility index (Phi) is 3.78. The normalized spacial score (nSPS) is 40.6. The SMILES string of the molecule is FC(F)(F)C1CCCCC1NC1CCOC1C1CC1. The second kappa shape index (κ2) is 5.24. The highest BCUT2D eigenvalue weighted by Gasteiger charge is 2.48. The Hall–Kier alpha value is -0.290. The Balaban J connectivity index is 1.63. The first-order chi connectivity index (χ1) is 9.05. The molecule has 0 spiro atoms. The smallest absolute Gasteiger partial charge is 0.376 e. The summed E-state index contributed by atoms with van der Waals surface area (Å²) in [6.45, 7) is 0.697. The average Bonchev–Trinajstić information content (AvgIpc) is 3.10. The molecule has 3 rings (SSSR count). The largest absolute Gasteiger partial charge is 0.393 e. The van der Waals surface area contributed by atoms with Crippen LogP contribution < -0.4 is 5.32 Å². The molecule has 0 aromatic rings. The molecule has 5 heteroatoms. The van der Waals surface area contributed by atoms with Crippen molar-refractivity contribution < 1.29 is 17.9 Å².